The number of hydrogen-bond acceptors (Lipinski definition) is 5. The Kier molecular flexibility index (Phi) is 7.06. The molecule has 1 aliphatic heterocycles. The maximum absolute atomic E-state index is 12.0. The molecule has 1 saturated heterocycles. The van der Waals surface area contributed by atoms with Crippen LogP contribution >= 0.6 is 11.6 Å². The fourth-order valence-corrected chi connectivity index (χ4v) is 3.26. The standard InChI is InChI=1S/C21H24ClN3O4/c1-15-3-5-17(6-4-15)13-25-21(22)18(16(2)23-25)7-8-20(27)29-14-19(26)24-9-11-28-12-10-24/h3-8H,9-14H2,1-2H3/b8-7+. The van der Waals surface area contributed by atoms with Gasteiger partial charge in [0.05, 0.1) is 25.5 Å². The van der Waals surface area contributed by atoms with Gasteiger partial charge in [-0.1, -0.05) is 41.4 Å². The fraction of sp³-hybridized carbons (Fsp3) is 0.381. The lowest BCUT2D eigenvalue weighted by Crippen LogP contribution is -2.42. The topological polar surface area (TPSA) is 73.7 Å². The van der Waals surface area contributed by atoms with Crippen LogP contribution in [-0.4, -0.2) is 59.5 Å². The number of halogens is 1. The monoisotopic (exact) mass is 417 g/mol. The zero-order valence-electron chi connectivity index (χ0n) is 16.6. The number of morpholine rings is 1. The minimum Gasteiger partial charge on any atom is -0.452 e. The van der Waals surface area contributed by atoms with E-state index in [1.807, 2.05) is 38.1 Å². The summed E-state index contributed by atoms with van der Waals surface area (Å²) in [7, 11) is 0. The van der Waals surface area contributed by atoms with E-state index in [1.54, 1.807) is 15.7 Å². The van der Waals surface area contributed by atoms with Gasteiger partial charge in [0.25, 0.3) is 5.91 Å². The van der Waals surface area contributed by atoms with Crippen LogP contribution < -0.4 is 0 Å². The molecule has 1 aromatic carbocycles. The fourth-order valence-electron chi connectivity index (χ4n) is 2.96. The number of nitrogens with zero attached hydrogens (tertiary/aromatic N) is 3. The van der Waals surface area contributed by atoms with Crippen molar-refractivity contribution in [3.8, 4) is 0 Å². The Morgan fingerprint density at radius 3 is 2.59 bits per heavy atom. The third-order valence-corrected chi connectivity index (χ3v) is 5.05. The Bertz CT molecular complexity index is 899. The molecule has 2 heterocycles. The van der Waals surface area contributed by atoms with Gasteiger partial charge in [0.2, 0.25) is 0 Å². The van der Waals surface area contributed by atoms with Gasteiger partial charge < -0.3 is 14.4 Å². The zero-order chi connectivity index (χ0) is 20.8. The summed E-state index contributed by atoms with van der Waals surface area (Å²) in [5, 5.41) is 4.89. The van der Waals surface area contributed by atoms with Crippen molar-refractivity contribution < 1.29 is 19.1 Å². The van der Waals surface area contributed by atoms with Crippen molar-refractivity contribution in [3.05, 3.63) is 57.9 Å². The van der Waals surface area contributed by atoms with E-state index in [0.29, 0.717) is 49.3 Å². The van der Waals surface area contributed by atoms with Crippen LogP contribution in [0.3, 0.4) is 0 Å². The van der Waals surface area contributed by atoms with E-state index in [1.165, 1.54) is 11.6 Å². The van der Waals surface area contributed by atoms with Gasteiger partial charge in [-0.05, 0) is 25.5 Å². The molecule has 3 rings (SSSR count). The Morgan fingerprint density at radius 2 is 1.90 bits per heavy atom. The first-order valence-electron chi connectivity index (χ1n) is 9.43. The Morgan fingerprint density at radius 1 is 1.21 bits per heavy atom. The van der Waals surface area contributed by atoms with Gasteiger partial charge in [-0.15, -0.1) is 0 Å². The summed E-state index contributed by atoms with van der Waals surface area (Å²) in [4.78, 5) is 25.6. The molecule has 1 aliphatic rings. The van der Waals surface area contributed by atoms with E-state index < -0.39 is 5.97 Å². The molecule has 0 saturated carbocycles. The van der Waals surface area contributed by atoms with E-state index in [2.05, 4.69) is 5.10 Å². The Labute approximate surface area is 174 Å². The summed E-state index contributed by atoms with van der Waals surface area (Å²) in [6.07, 6.45) is 2.83. The van der Waals surface area contributed by atoms with Crippen LogP contribution in [0.4, 0.5) is 0 Å². The highest BCUT2D eigenvalue weighted by molar-refractivity contribution is 6.31. The van der Waals surface area contributed by atoms with Crippen molar-refractivity contribution in [2.24, 2.45) is 0 Å². The van der Waals surface area contributed by atoms with Gasteiger partial charge in [-0.2, -0.15) is 5.10 Å². The first-order valence-corrected chi connectivity index (χ1v) is 9.80. The molecule has 154 valence electrons. The molecule has 1 fully saturated rings. The molecule has 0 unspecified atom stereocenters. The molecular formula is C21H24ClN3O4. The maximum Gasteiger partial charge on any atom is 0.331 e. The van der Waals surface area contributed by atoms with Crippen LogP contribution in [0.2, 0.25) is 5.15 Å². The van der Waals surface area contributed by atoms with E-state index in [9.17, 15) is 9.59 Å². The van der Waals surface area contributed by atoms with Crippen LogP contribution in [0.1, 0.15) is 22.4 Å². The molecule has 0 spiro atoms. The van der Waals surface area contributed by atoms with Crippen molar-refractivity contribution >= 4 is 29.6 Å². The number of esters is 1. The summed E-state index contributed by atoms with van der Waals surface area (Å²) in [6.45, 7) is 6.14. The van der Waals surface area contributed by atoms with Crippen LogP contribution in [0.15, 0.2) is 30.3 Å². The van der Waals surface area contributed by atoms with Crippen LogP contribution in [0.5, 0.6) is 0 Å². The molecule has 2 aromatic rings. The molecular weight excluding hydrogens is 394 g/mol. The highest BCUT2D eigenvalue weighted by atomic mass is 35.5. The van der Waals surface area contributed by atoms with Crippen molar-refractivity contribution in [1.29, 1.82) is 0 Å². The smallest absolute Gasteiger partial charge is 0.331 e. The minimum atomic E-state index is -0.603. The average molecular weight is 418 g/mol. The molecule has 0 bridgehead atoms. The zero-order valence-corrected chi connectivity index (χ0v) is 17.3. The molecule has 0 radical (unpaired) electrons. The van der Waals surface area contributed by atoms with Gasteiger partial charge in [0, 0.05) is 24.7 Å². The Balaban J connectivity index is 1.58. The van der Waals surface area contributed by atoms with Crippen LogP contribution in [-0.2, 0) is 25.6 Å². The first kappa shape index (κ1) is 21.1. The predicted octanol–water partition coefficient (Wildman–Crippen LogP) is 2.62. The van der Waals surface area contributed by atoms with Gasteiger partial charge in [-0.3, -0.25) is 4.79 Å². The largest absolute Gasteiger partial charge is 0.452 e. The van der Waals surface area contributed by atoms with Crippen molar-refractivity contribution in [1.82, 2.24) is 14.7 Å². The Hall–Kier alpha value is -2.64. The van der Waals surface area contributed by atoms with Crippen molar-refractivity contribution in [2.75, 3.05) is 32.9 Å². The van der Waals surface area contributed by atoms with E-state index >= 15 is 0 Å². The van der Waals surface area contributed by atoms with E-state index in [-0.39, 0.29) is 12.5 Å². The highest BCUT2D eigenvalue weighted by Crippen LogP contribution is 2.22. The van der Waals surface area contributed by atoms with Gasteiger partial charge in [-0.25, -0.2) is 9.48 Å². The number of carbonyl (C=O) groups is 2. The predicted molar refractivity (Wildman–Crippen MR) is 110 cm³/mol. The summed E-state index contributed by atoms with van der Waals surface area (Å²) < 4.78 is 11.9. The van der Waals surface area contributed by atoms with E-state index in [0.717, 1.165) is 5.56 Å². The second-order valence-electron chi connectivity index (χ2n) is 6.87. The molecule has 1 amide bonds. The van der Waals surface area contributed by atoms with Gasteiger partial charge in [0.15, 0.2) is 6.61 Å². The second-order valence-corrected chi connectivity index (χ2v) is 7.23. The molecule has 0 N–H and O–H groups in total. The number of aromatic nitrogens is 2. The number of carbonyl (C=O) groups excluding carboxylic acids is 2. The quantitative estimate of drug-likeness (QED) is 0.533. The number of aryl methyl sites for hydroxylation is 2. The summed E-state index contributed by atoms with van der Waals surface area (Å²) >= 11 is 6.45. The van der Waals surface area contributed by atoms with Crippen LogP contribution in [0.25, 0.3) is 6.08 Å². The second kappa shape index (κ2) is 9.71. The number of benzene rings is 1. The summed E-state index contributed by atoms with van der Waals surface area (Å²) in [5.41, 5.74) is 3.62. The maximum atomic E-state index is 12.0. The lowest BCUT2D eigenvalue weighted by atomic mass is 10.1. The minimum absolute atomic E-state index is 0.227. The summed E-state index contributed by atoms with van der Waals surface area (Å²) in [5.74, 6) is -0.830. The average Bonchev–Trinajstić information content (AvgIpc) is 2.99. The van der Waals surface area contributed by atoms with Gasteiger partial charge >= 0.3 is 5.97 Å². The van der Waals surface area contributed by atoms with Crippen molar-refractivity contribution in [3.63, 3.8) is 0 Å². The molecule has 8 heteroatoms. The number of rotatable bonds is 6. The molecule has 0 aliphatic carbocycles. The number of hydrogen-bond donors (Lipinski definition) is 0. The SMILES string of the molecule is Cc1ccc(Cn2nc(C)c(/C=C/C(=O)OCC(=O)N3CCOCC3)c2Cl)cc1. The summed E-state index contributed by atoms with van der Waals surface area (Å²) in [6, 6.07) is 8.13. The number of amides is 1. The lowest BCUT2D eigenvalue weighted by molar-refractivity contribution is -0.150. The highest BCUT2D eigenvalue weighted by Gasteiger charge is 2.18. The van der Waals surface area contributed by atoms with E-state index in [4.69, 9.17) is 21.1 Å². The lowest BCUT2D eigenvalue weighted by Gasteiger charge is -2.26. The normalized spacial score (nSPS) is 14.4. The molecule has 1 aromatic heterocycles. The molecule has 0 atom stereocenters. The third-order valence-electron chi connectivity index (χ3n) is 4.65. The third kappa shape index (κ3) is 5.68. The molecule has 29 heavy (non-hydrogen) atoms. The van der Waals surface area contributed by atoms with Crippen molar-refractivity contribution in [2.45, 2.75) is 20.4 Å². The van der Waals surface area contributed by atoms with Gasteiger partial charge in [0.1, 0.15) is 5.15 Å². The number of ether oxygens (including phenoxy) is 2. The first-order chi connectivity index (χ1) is 13.9. The molecule has 7 nitrogen and oxygen atoms in total. The van der Waals surface area contributed by atoms with Crippen LogP contribution in [0, 0.1) is 13.8 Å².